The minimum Gasteiger partial charge on any atom is -0.311 e. The first-order valence-corrected chi connectivity index (χ1v) is 6.24. The van der Waals surface area contributed by atoms with Gasteiger partial charge in [0.2, 0.25) is 0 Å². The Bertz CT molecular complexity index is 311. The first-order valence-electron chi connectivity index (χ1n) is 5.45. The van der Waals surface area contributed by atoms with Crippen molar-refractivity contribution in [1.82, 2.24) is 10.2 Å². The number of rotatable bonds is 7. The van der Waals surface area contributed by atoms with E-state index in [9.17, 15) is 0 Å². The molecule has 0 saturated heterocycles. The van der Waals surface area contributed by atoms with E-state index in [1.54, 1.807) is 0 Å². The Morgan fingerprint density at radius 1 is 1.38 bits per heavy atom. The van der Waals surface area contributed by atoms with Crippen molar-refractivity contribution in [2.45, 2.75) is 6.54 Å². The second-order valence-corrected chi connectivity index (χ2v) is 5.04. The lowest BCUT2D eigenvalue weighted by Gasteiger charge is -2.16. The molecular weight excluding hydrogens is 264 g/mol. The van der Waals surface area contributed by atoms with E-state index in [0.717, 1.165) is 30.7 Å². The lowest BCUT2D eigenvalue weighted by Crippen LogP contribution is -2.29. The Morgan fingerprint density at radius 2 is 2.06 bits per heavy atom. The molecule has 16 heavy (non-hydrogen) atoms. The van der Waals surface area contributed by atoms with Gasteiger partial charge in [-0.15, -0.1) is 0 Å². The Hall–Kier alpha value is -0.640. The van der Waals surface area contributed by atoms with Gasteiger partial charge >= 0.3 is 0 Å². The lowest BCUT2D eigenvalue weighted by atomic mass is 10.2. The zero-order chi connectivity index (χ0) is 11.8. The fourth-order valence-corrected chi connectivity index (χ4v) is 1.67. The van der Waals surface area contributed by atoms with Crippen molar-refractivity contribution in [3.63, 3.8) is 0 Å². The molecule has 0 aliphatic carbocycles. The normalized spacial score (nSPS) is 10.7. The fourth-order valence-electron chi connectivity index (χ4n) is 1.47. The maximum Gasteiger partial charge on any atom is 0.0266 e. The topological polar surface area (TPSA) is 15.3 Å². The molecule has 0 spiro atoms. The highest BCUT2D eigenvalue weighted by atomic mass is 79.9. The predicted molar refractivity (Wildman–Crippen MR) is 73.7 cm³/mol. The van der Waals surface area contributed by atoms with Gasteiger partial charge < -0.3 is 10.2 Å². The van der Waals surface area contributed by atoms with Crippen LogP contribution in [0, 0.1) is 0 Å². The molecule has 2 nitrogen and oxygen atoms in total. The quantitative estimate of drug-likeness (QED) is 0.774. The Kier molecular flexibility index (Phi) is 6.38. The van der Waals surface area contributed by atoms with Crippen LogP contribution in [0.25, 0.3) is 0 Å². The zero-order valence-electron chi connectivity index (χ0n) is 9.75. The van der Waals surface area contributed by atoms with Crippen molar-refractivity contribution in [3.05, 3.63) is 47.0 Å². The molecule has 0 unspecified atom stereocenters. The number of nitrogens with one attached hydrogen (secondary N) is 1. The summed E-state index contributed by atoms with van der Waals surface area (Å²) in [6.45, 7) is 7.63. The molecule has 1 aromatic carbocycles. The molecule has 0 radical (unpaired) electrons. The Morgan fingerprint density at radius 3 is 2.69 bits per heavy atom. The van der Waals surface area contributed by atoms with Crippen LogP contribution in [0.3, 0.4) is 0 Å². The third-order valence-corrected chi connectivity index (χ3v) is 2.56. The predicted octanol–water partition coefficient (Wildman–Crippen LogP) is 2.62. The maximum atomic E-state index is 3.78. The van der Waals surface area contributed by atoms with Gasteiger partial charge in [-0.25, -0.2) is 0 Å². The molecule has 0 saturated carbocycles. The summed E-state index contributed by atoms with van der Waals surface area (Å²) < 4.78 is 0.998. The number of likely N-dealkylation sites (N-methyl/N-ethyl adjacent to an activating group) is 1. The van der Waals surface area contributed by atoms with Crippen LogP contribution < -0.4 is 5.32 Å². The molecule has 0 aliphatic heterocycles. The van der Waals surface area contributed by atoms with Crippen molar-refractivity contribution < 1.29 is 0 Å². The lowest BCUT2D eigenvalue weighted by molar-refractivity contribution is 0.326. The minimum absolute atomic E-state index is 0.833. The highest BCUT2D eigenvalue weighted by Crippen LogP contribution is 2.01. The molecule has 1 aromatic rings. The third kappa shape index (κ3) is 6.05. The molecule has 0 atom stereocenters. The summed E-state index contributed by atoms with van der Waals surface area (Å²) in [5.41, 5.74) is 1.36. The fraction of sp³-hybridized carbons (Fsp3) is 0.385. The molecule has 88 valence electrons. The molecule has 0 fully saturated rings. The first kappa shape index (κ1) is 13.4. The summed E-state index contributed by atoms with van der Waals surface area (Å²) in [6, 6.07) is 10.5. The number of hydrogen-bond donors (Lipinski definition) is 1. The summed E-state index contributed by atoms with van der Waals surface area (Å²) in [4.78, 5) is 2.30. The van der Waals surface area contributed by atoms with Gasteiger partial charge in [0.1, 0.15) is 0 Å². The molecule has 0 bridgehead atoms. The summed E-state index contributed by atoms with van der Waals surface area (Å²) in [7, 11) is 2.14. The van der Waals surface area contributed by atoms with Gasteiger partial charge in [-0.1, -0.05) is 52.8 Å². The van der Waals surface area contributed by atoms with Gasteiger partial charge in [0.25, 0.3) is 0 Å². The zero-order valence-corrected chi connectivity index (χ0v) is 11.3. The molecule has 0 aliphatic rings. The first-order chi connectivity index (χ1) is 7.68. The van der Waals surface area contributed by atoms with Gasteiger partial charge in [0, 0.05) is 30.7 Å². The highest BCUT2D eigenvalue weighted by Gasteiger charge is 1.99. The second kappa shape index (κ2) is 7.60. The van der Waals surface area contributed by atoms with Crippen LogP contribution in [0.15, 0.2) is 41.4 Å². The minimum atomic E-state index is 0.833. The van der Waals surface area contributed by atoms with Crippen molar-refractivity contribution in [1.29, 1.82) is 0 Å². The molecule has 1 rings (SSSR count). The molecule has 0 aromatic heterocycles. The van der Waals surface area contributed by atoms with Gasteiger partial charge in [-0.2, -0.15) is 0 Å². The van der Waals surface area contributed by atoms with Crippen LogP contribution in [-0.4, -0.2) is 31.6 Å². The standard InChI is InChI=1S/C13H19BrN2/c1-12(14)10-15-8-9-16(2)11-13-6-4-3-5-7-13/h3-7,15H,1,8-11H2,2H3. The van der Waals surface area contributed by atoms with E-state index in [-0.39, 0.29) is 0 Å². The average Bonchev–Trinajstić information content (AvgIpc) is 2.25. The van der Waals surface area contributed by atoms with E-state index in [1.807, 2.05) is 6.07 Å². The Balaban J connectivity index is 2.16. The van der Waals surface area contributed by atoms with Gasteiger partial charge in [-0.3, -0.25) is 0 Å². The van der Waals surface area contributed by atoms with Crippen LogP contribution in [0.2, 0.25) is 0 Å². The van der Waals surface area contributed by atoms with Crippen LogP contribution in [0.4, 0.5) is 0 Å². The van der Waals surface area contributed by atoms with Crippen molar-refractivity contribution in [2.75, 3.05) is 26.7 Å². The van der Waals surface area contributed by atoms with E-state index in [0.29, 0.717) is 0 Å². The van der Waals surface area contributed by atoms with Crippen molar-refractivity contribution in [2.24, 2.45) is 0 Å². The smallest absolute Gasteiger partial charge is 0.0266 e. The number of nitrogens with zero attached hydrogens (tertiary/aromatic N) is 1. The summed E-state index contributed by atoms with van der Waals surface area (Å²) in [6.07, 6.45) is 0. The molecule has 1 N–H and O–H groups in total. The molecule has 3 heteroatoms. The van der Waals surface area contributed by atoms with Gasteiger partial charge in [0.05, 0.1) is 0 Å². The maximum absolute atomic E-state index is 3.78. The summed E-state index contributed by atoms with van der Waals surface area (Å²) in [5, 5.41) is 3.31. The summed E-state index contributed by atoms with van der Waals surface area (Å²) in [5.74, 6) is 0. The van der Waals surface area contributed by atoms with Crippen LogP contribution in [0.5, 0.6) is 0 Å². The molecule has 0 amide bonds. The highest BCUT2D eigenvalue weighted by molar-refractivity contribution is 9.11. The second-order valence-electron chi connectivity index (χ2n) is 3.92. The van der Waals surface area contributed by atoms with Gasteiger partial charge in [-0.05, 0) is 12.6 Å². The average molecular weight is 283 g/mol. The van der Waals surface area contributed by atoms with Crippen molar-refractivity contribution in [3.8, 4) is 0 Å². The largest absolute Gasteiger partial charge is 0.311 e. The van der Waals surface area contributed by atoms with Crippen LogP contribution in [-0.2, 0) is 6.54 Å². The Labute approximate surface area is 106 Å². The number of halogens is 1. The third-order valence-electron chi connectivity index (χ3n) is 2.28. The SMILES string of the molecule is C=C(Br)CNCCN(C)Cc1ccccc1. The van der Waals surface area contributed by atoms with E-state index >= 15 is 0 Å². The monoisotopic (exact) mass is 282 g/mol. The molecular formula is C13H19BrN2. The van der Waals surface area contributed by atoms with E-state index in [4.69, 9.17) is 0 Å². The van der Waals surface area contributed by atoms with Crippen LogP contribution in [0.1, 0.15) is 5.56 Å². The van der Waals surface area contributed by atoms with Gasteiger partial charge in [0.15, 0.2) is 0 Å². The van der Waals surface area contributed by atoms with E-state index < -0.39 is 0 Å². The molecule has 0 heterocycles. The number of benzene rings is 1. The van der Waals surface area contributed by atoms with Crippen LogP contribution >= 0.6 is 15.9 Å². The van der Waals surface area contributed by atoms with E-state index in [1.165, 1.54) is 5.56 Å². The summed E-state index contributed by atoms with van der Waals surface area (Å²) >= 11 is 3.32. The number of hydrogen-bond acceptors (Lipinski definition) is 2. The van der Waals surface area contributed by atoms with E-state index in [2.05, 4.69) is 64.0 Å². The van der Waals surface area contributed by atoms with Crippen molar-refractivity contribution >= 4 is 15.9 Å².